The van der Waals surface area contributed by atoms with Crippen molar-refractivity contribution in [2.45, 2.75) is 0 Å². The lowest BCUT2D eigenvalue weighted by Crippen LogP contribution is -2.10. The third kappa shape index (κ3) is 1.83. The minimum atomic E-state index is -0.229. The van der Waals surface area contributed by atoms with Gasteiger partial charge >= 0.3 is 0 Å². The molecule has 0 atom stereocenters. The Balaban J connectivity index is 1.97. The number of thiophene rings is 1. The smallest absolute Gasteiger partial charge is 0.276 e. The van der Waals surface area contributed by atoms with E-state index in [1.54, 1.807) is 12.1 Å². The average molecular weight is 292 g/mol. The summed E-state index contributed by atoms with van der Waals surface area (Å²) in [4.78, 5) is 22.6. The van der Waals surface area contributed by atoms with Gasteiger partial charge in [0.2, 0.25) is 0 Å². The molecule has 3 aromatic heterocycles. The van der Waals surface area contributed by atoms with Crippen molar-refractivity contribution < 1.29 is 0 Å². The maximum atomic E-state index is 12.1. The molecule has 0 unspecified atom stereocenters. The number of nitrogens with one attached hydrogen (secondary N) is 2. The quantitative estimate of drug-likeness (QED) is 0.565. The van der Waals surface area contributed by atoms with Gasteiger partial charge in [0.1, 0.15) is 0 Å². The van der Waals surface area contributed by atoms with Gasteiger partial charge in [0.05, 0.1) is 28.4 Å². The molecule has 2 N–H and O–H groups in total. The number of hydrogen-bond donors (Lipinski definition) is 2. The van der Waals surface area contributed by atoms with Crippen LogP contribution in [0.4, 0.5) is 0 Å². The monoisotopic (exact) mass is 292 g/mol. The maximum absolute atomic E-state index is 12.1. The minimum Gasteiger partial charge on any atom is -0.353 e. The highest BCUT2D eigenvalue weighted by molar-refractivity contribution is 7.09. The molecule has 0 aliphatic heterocycles. The number of benzene rings is 1. The summed E-state index contributed by atoms with van der Waals surface area (Å²) >= 11 is 1.50. The lowest BCUT2D eigenvalue weighted by Gasteiger charge is -1.96. The summed E-state index contributed by atoms with van der Waals surface area (Å²) in [5, 5.41) is 13.6. The van der Waals surface area contributed by atoms with Gasteiger partial charge in [-0.3, -0.25) is 4.79 Å². The Morgan fingerprint density at radius 1 is 1.14 bits per heavy atom. The van der Waals surface area contributed by atoms with E-state index < -0.39 is 0 Å². The second-order valence-electron chi connectivity index (χ2n) is 4.68. The average Bonchev–Trinajstić information content (AvgIpc) is 3.10. The molecule has 0 amide bonds. The van der Waals surface area contributed by atoms with E-state index in [-0.39, 0.29) is 5.56 Å². The fraction of sp³-hybridized carbons (Fsp3) is 0. The zero-order chi connectivity index (χ0) is 14.4. The first-order valence-corrected chi connectivity index (χ1v) is 7.18. The third-order valence-electron chi connectivity index (χ3n) is 3.34. The largest absolute Gasteiger partial charge is 0.353 e. The van der Waals surface area contributed by atoms with Gasteiger partial charge in [-0.25, -0.2) is 4.98 Å². The molecule has 0 spiro atoms. The summed E-state index contributed by atoms with van der Waals surface area (Å²) in [7, 11) is 0. The Bertz CT molecular complexity index is 1080. The van der Waals surface area contributed by atoms with Crippen LogP contribution in [0.1, 0.15) is 5.56 Å². The summed E-state index contributed by atoms with van der Waals surface area (Å²) in [6.07, 6.45) is 0. The van der Waals surface area contributed by atoms with Crippen molar-refractivity contribution in [1.29, 1.82) is 5.26 Å². The number of H-pyrrole nitrogens is 2. The zero-order valence-electron chi connectivity index (χ0n) is 10.7. The Morgan fingerprint density at radius 3 is 2.90 bits per heavy atom. The summed E-state index contributed by atoms with van der Waals surface area (Å²) in [6.45, 7) is 0. The van der Waals surface area contributed by atoms with Crippen molar-refractivity contribution in [1.82, 2.24) is 15.0 Å². The second-order valence-corrected chi connectivity index (χ2v) is 5.43. The van der Waals surface area contributed by atoms with E-state index in [2.05, 4.69) is 21.0 Å². The van der Waals surface area contributed by atoms with Gasteiger partial charge in [-0.2, -0.15) is 5.26 Å². The molecule has 6 heteroatoms. The van der Waals surface area contributed by atoms with Crippen molar-refractivity contribution in [3.8, 4) is 17.5 Å². The highest BCUT2D eigenvalue weighted by Crippen LogP contribution is 2.23. The summed E-state index contributed by atoms with van der Waals surface area (Å²) in [5.74, 6) is 0. The van der Waals surface area contributed by atoms with Crippen LogP contribution in [0.5, 0.6) is 0 Å². The van der Waals surface area contributed by atoms with Gasteiger partial charge in [-0.15, -0.1) is 11.3 Å². The summed E-state index contributed by atoms with van der Waals surface area (Å²) in [6, 6.07) is 9.29. The molecule has 5 nitrogen and oxygen atoms in total. The van der Waals surface area contributed by atoms with E-state index in [1.165, 1.54) is 11.3 Å². The molecule has 0 aliphatic rings. The number of aromatic nitrogens is 3. The number of aromatic amines is 2. The van der Waals surface area contributed by atoms with Crippen molar-refractivity contribution in [2.75, 3.05) is 0 Å². The van der Waals surface area contributed by atoms with Crippen molar-refractivity contribution in [3.05, 3.63) is 50.9 Å². The van der Waals surface area contributed by atoms with Gasteiger partial charge in [0.15, 0.2) is 5.69 Å². The highest BCUT2D eigenvalue weighted by atomic mass is 32.1. The van der Waals surface area contributed by atoms with Crippen LogP contribution >= 0.6 is 11.3 Å². The topological polar surface area (TPSA) is 85.3 Å². The second kappa shape index (κ2) is 4.30. The summed E-state index contributed by atoms with van der Waals surface area (Å²) in [5.41, 5.74) is 3.75. The lowest BCUT2D eigenvalue weighted by atomic mass is 10.2. The Hall–Kier alpha value is -2.91. The molecular formula is C15H8N4OS. The van der Waals surface area contributed by atoms with Gasteiger partial charge in [0, 0.05) is 21.7 Å². The molecule has 4 rings (SSSR count). The van der Waals surface area contributed by atoms with Crippen LogP contribution in [0.15, 0.2) is 39.8 Å². The number of nitriles is 1. The fourth-order valence-corrected chi connectivity index (χ4v) is 3.03. The van der Waals surface area contributed by atoms with Crippen molar-refractivity contribution >= 4 is 33.3 Å². The Morgan fingerprint density at radius 2 is 2.05 bits per heavy atom. The molecule has 1 aromatic carbocycles. The van der Waals surface area contributed by atoms with Gasteiger partial charge in [-0.05, 0) is 24.3 Å². The van der Waals surface area contributed by atoms with Crippen LogP contribution in [0.2, 0.25) is 0 Å². The van der Waals surface area contributed by atoms with Gasteiger partial charge in [-0.1, -0.05) is 0 Å². The van der Waals surface area contributed by atoms with Gasteiger partial charge in [0.25, 0.3) is 5.56 Å². The van der Waals surface area contributed by atoms with E-state index in [9.17, 15) is 4.79 Å². The van der Waals surface area contributed by atoms with Crippen LogP contribution in [0, 0.1) is 11.3 Å². The number of hydrogen-bond acceptors (Lipinski definition) is 4. The molecular weight excluding hydrogens is 284 g/mol. The SMILES string of the molecule is N#Cc1ccc2[nH]c(-c3nc4cscc4[nH]c3=O)cc2c1. The first-order valence-electron chi connectivity index (χ1n) is 6.24. The predicted octanol–water partition coefficient (Wildman–Crippen LogP) is 3.00. The highest BCUT2D eigenvalue weighted by Gasteiger charge is 2.11. The van der Waals surface area contributed by atoms with E-state index in [1.807, 2.05) is 22.9 Å². The number of fused-ring (bicyclic) bond motifs is 2. The zero-order valence-corrected chi connectivity index (χ0v) is 11.5. The molecule has 0 aliphatic carbocycles. The lowest BCUT2D eigenvalue weighted by molar-refractivity contribution is 1.21. The molecule has 0 saturated heterocycles. The number of rotatable bonds is 1. The molecule has 0 fully saturated rings. The Labute approximate surface area is 122 Å². The van der Waals surface area contributed by atoms with Crippen molar-refractivity contribution in [3.63, 3.8) is 0 Å². The van der Waals surface area contributed by atoms with E-state index >= 15 is 0 Å². The first kappa shape index (κ1) is 11.9. The molecule has 3 heterocycles. The molecule has 0 bridgehead atoms. The standard InChI is InChI=1S/C15H8N4OS/c16-5-8-1-2-10-9(3-8)4-11(17-10)14-15(20)19-13-7-21-6-12(13)18-14/h1-4,6-7,17H,(H,19,20). The molecule has 4 aromatic rings. The third-order valence-corrected chi connectivity index (χ3v) is 4.07. The van der Waals surface area contributed by atoms with Crippen molar-refractivity contribution in [2.24, 2.45) is 0 Å². The van der Waals surface area contributed by atoms with E-state index in [0.717, 1.165) is 21.9 Å². The summed E-state index contributed by atoms with van der Waals surface area (Å²) < 4.78 is 0. The normalized spacial score (nSPS) is 11.0. The molecule has 0 radical (unpaired) electrons. The fourth-order valence-electron chi connectivity index (χ4n) is 2.34. The first-order chi connectivity index (χ1) is 10.2. The van der Waals surface area contributed by atoms with Crippen LogP contribution in [0.25, 0.3) is 33.3 Å². The van der Waals surface area contributed by atoms with E-state index in [0.29, 0.717) is 17.0 Å². The van der Waals surface area contributed by atoms with Crippen LogP contribution in [-0.4, -0.2) is 15.0 Å². The molecule has 21 heavy (non-hydrogen) atoms. The minimum absolute atomic E-state index is 0.229. The predicted molar refractivity (Wildman–Crippen MR) is 82.2 cm³/mol. The van der Waals surface area contributed by atoms with Crippen LogP contribution < -0.4 is 5.56 Å². The van der Waals surface area contributed by atoms with Gasteiger partial charge < -0.3 is 9.97 Å². The maximum Gasteiger partial charge on any atom is 0.276 e. The number of nitrogens with zero attached hydrogens (tertiary/aromatic N) is 2. The van der Waals surface area contributed by atoms with E-state index in [4.69, 9.17) is 5.26 Å². The molecule has 0 saturated carbocycles. The van der Waals surface area contributed by atoms with Crippen LogP contribution in [0.3, 0.4) is 0 Å². The van der Waals surface area contributed by atoms with Crippen LogP contribution in [-0.2, 0) is 0 Å². The Kier molecular flexibility index (Phi) is 2.43. The molecule has 100 valence electrons.